The molecule has 4 nitrogen and oxygen atoms in total. The number of rotatable bonds is 10. The summed E-state index contributed by atoms with van der Waals surface area (Å²) in [7, 11) is 0. The number of para-hydroxylation sites is 2. The third-order valence-electron chi connectivity index (χ3n) is 12.1. The van der Waals surface area contributed by atoms with Crippen molar-refractivity contribution >= 4 is 34.2 Å². The molecule has 0 spiro atoms. The minimum atomic E-state index is -0.222. The molecule has 0 saturated heterocycles. The first-order valence-corrected chi connectivity index (χ1v) is 20.0. The molecule has 1 atom stereocenters. The van der Waals surface area contributed by atoms with E-state index in [1.165, 1.54) is 71.9 Å². The van der Waals surface area contributed by atoms with E-state index in [0.717, 1.165) is 16.9 Å². The zero-order chi connectivity index (χ0) is 39.2. The molecular weight excluding hydrogens is 705 g/mol. The maximum absolute atomic E-state index is 4.18. The van der Waals surface area contributed by atoms with Crippen LogP contribution in [0.25, 0.3) is 60.9 Å². The molecule has 9 aromatic rings. The number of hydrogen-bond donors (Lipinski definition) is 1. The summed E-state index contributed by atoms with van der Waals surface area (Å²) in [6.07, 6.45) is -0.222. The molecule has 1 aromatic heterocycles. The van der Waals surface area contributed by atoms with Crippen LogP contribution in [0.15, 0.2) is 199 Å². The zero-order valence-electron chi connectivity index (χ0n) is 32.8. The standard InChI is InChI=1S/C54H44N4/c1-54(2)49-27-14-12-23-44(49)45-34-29-39(35-50(45)54)42-21-10-11-22-43(42)47-25-16-26-48-46-24-13-15-28-51(46)58(52(47)48)41-32-30-40(31-33-41)57(36-37-17-6-4-7-18-37)53(56-55-3)38-19-8-5-9-20-38/h4-35,53,56H,3,36H2,1-2H3. The molecule has 0 aliphatic heterocycles. The molecule has 1 N–H and O–H groups in total. The summed E-state index contributed by atoms with van der Waals surface area (Å²) in [5, 5.41) is 6.64. The number of benzene rings is 8. The van der Waals surface area contributed by atoms with Crippen LogP contribution in [-0.4, -0.2) is 11.3 Å². The van der Waals surface area contributed by atoms with Crippen molar-refractivity contribution in [1.82, 2.24) is 9.99 Å². The molecule has 1 unspecified atom stereocenters. The second-order valence-electron chi connectivity index (χ2n) is 15.8. The lowest BCUT2D eigenvalue weighted by Gasteiger charge is -2.34. The van der Waals surface area contributed by atoms with Crippen LogP contribution in [0.2, 0.25) is 0 Å². The largest absolute Gasteiger partial charge is 0.342 e. The number of fused-ring (bicyclic) bond motifs is 6. The SMILES string of the molecule is C=NNC(c1ccccc1)N(Cc1ccccc1)c1ccc(-n2c3ccccc3c3cccc(-c4ccccc4-c4ccc5c(c4)C(C)(C)c4ccccc4-5)c32)cc1. The quantitative estimate of drug-likeness (QED) is 0.0858. The van der Waals surface area contributed by atoms with Gasteiger partial charge in [0, 0.05) is 46.4 Å². The van der Waals surface area contributed by atoms with Crippen molar-refractivity contribution in [2.45, 2.75) is 32.0 Å². The maximum atomic E-state index is 4.18. The summed E-state index contributed by atoms with van der Waals surface area (Å²) in [6, 6.07) is 70.4. The van der Waals surface area contributed by atoms with Gasteiger partial charge in [0.1, 0.15) is 6.17 Å². The maximum Gasteiger partial charge on any atom is 0.141 e. The summed E-state index contributed by atoms with van der Waals surface area (Å²) in [5.41, 5.74) is 20.4. The highest BCUT2D eigenvalue weighted by atomic mass is 15.4. The van der Waals surface area contributed by atoms with Gasteiger partial charge < -0.3 is 9.47 Å². The molecule has 0 saturated carbocycles. The molecule has 0 radical (unpaired) electrons. The molecule has 0 bridgehead atoms. The Kier molecular flexibility index (Phi) is 8.75. The first-order chi connectivity index (χ1) is 28.5. The molecule has 0 amide bonds. The third-order valence-corrected chi connectivity index (χ3v) is 12.1. The van der Waals surface area contributed by atoms with Crippen molar-refractivity contribution in [3.63, 3.8) is 0 Å². The highest BCUT2D eigenvalue weighted by Gasteiger charge is 2.35. The monoisotopic (exact) mass is 748 g/mol. The topological polar surface area (TPSA) is 32.6 Å². The molecule has 58 heavy (non-hydrogen) atoms. The van der Waals surface area contributed by atoms with Crippen LogP contribution < -0.4 is 10.3 Å². The third kappa shape index (κ3) is 5.88. The van der Waals surface area contributed by atoms with Gasteiger partial charge in [-0.3, -0.25) is 5.43 Å². The number of nitrogens with one attached hydrogen (secondary N) is 1. The number of hydrazone groups is 1. The van der Waals surface area contributed by atoms with Crippen molar-refractivity contribution in [3.8, 4) is 39.1 Å². The van der Waals surface area contributed by atoms with Crippen molar-refractivity contribution < 1.29 is 0 Å². The van der Waals surface area contributed by atoms with Gasteiger partial charge >= 0.3 is 0 Å². The van der Waals surface area contributed by atoms with E-state index in [9.17, 15) is 0 Å². The lowest BCUT2D eigenvalue weighted by atomic mass is 9.81. The summed E-state index contributed by atoms with van der Waals surface area (Å²) < 4.78 is 2.45. The van der Waals surface area contributed by atoms with E-state index in [1.54, 1.807) is 0 Å². The second-order valence-corrected chi connectivity index (χ2v) is 15.8. The number of aromatic nitrogens is 1. The minimum Gasteiger partial charge on any atom is -0.342 e. The fraction of sp³-hybridized carbons (Fsp3) is 0.0926. The van der Waals surface area contributed by atoms with E-state index >= 15 is 0 Å². The smallest absolute Gasteiger partial charge is 0.141 e. The summed E-state index contributed by atoms with van der Waals surface area (Å²) in [4.78, 5) is 2.35. The second kappa shape index (κ2) is 14.4. The first-order valence-electron chi connectivity index (χ1n) is 20.0. The van der Waals surface area contributed by atoms with E-state index in [1.807, 2.05) is 6.07 Å². The Morgan fingerprint density at radius 2 is 1.19 bits per heavy atom. The zero-order valence-corrected chi connectivity index (χ0v) is 32.8. The Morgan fingerprint density at radius 3 is 1.97 bits per heavy atom. The van der Waals surface area contributed by atoms with Crippen molar-refractivity contribution in [2.75, 3.05) is 4.90 Å². The Labute approximate surface area is 340 Å². The highest BCUT2D eigenvalue weighted by molar-refractivity contribution is 6.14. The van der Waals surface area contributed by atoms with Gasteiger partial charge in [-0.05, 0) is 86.5 Å². The summed E-state index contributed by atoms with van der Waals surface area (Å²) >= 11 is 0. The van der Waals surface area contributed by atoms with Gasteiger partial charge in [-0.25, -0.2) is 0 Å². The van der Waals surface area contributed by atoms with E-state index in [4.69, 9.17) is 0 Å². The average molecular weight is 749 g/mol. The fourth-order valence-electron chi connectivity index (χ4n) is 9.30. The number of hydrogen-bond acceptors (Lipinski definition) is 3. The van der Waals surface area contributed by atoms with Crippen LogP contribution in [0, 0.1) is 0 Å². The molecule has 4 heteroatoms. The van der Waals surface area contributed by atoms with Crippen LogP contribution in [0.4, 0.5) is 5.69 Å². The number of anilines is 1. The molecule has 280 valence electrons. The fourth-order valence-corrected chi connectivity index (χ4v) is 9.30. The van der Waals surface area contributed by atoms with Gasteiger partial charge in [0.05, 0.1) is 11.0 Å². The Hall–Kier alpha value is -7.17. The van der Waals surface area contributed by atoms with E-state index in [2.05, 4.69) is 229 Å². The summed E-state index contributed by atoms with van der Waals surface area (Å²) in [5.74, 6) is 0. The van der Waals surface area contributed by atoms with Gasteiger partial charge in [0.25, 0.3) is 0 Å². The molecule has 1 aliphatic carbocycles. The molecule has 1 heterocycles. The van der Waals surface area contributed by atoms with Crippen molar-refractivity contribution in [3.05, 3.63) is 216 Å². The van der Waals surface area contributed by atoms with Gasteiger partial charge in [0.2, 0.25) is 0 Å². The van der Waals surface area contributed by atoms with Gasteiger partial charge in [0.15, 0.2) is 0 Å². The van der Waals surface area contributed by atoms with Crippen LogP contribution in [0.3, 0.4) is 0 Å². The predicted octanol–water partition coefficient (Wildman–Crippen LogP) is 13.3. The van der Waals surface area contributed by atoms with Crippen LogP contribution >= 0.6 is 0 Å². The van der Waals surface area contributed by atoms with E-state index in [0.29, 0.717) is 6.54 Å². The van der Waals surface area contributed by atoms with Crippen LogP contribution in [-0.2, 0) is 12.0 Å². The highest BCUT2D eigenvalue weighted by Crippen LogP contribution is 2.50. The average Bonchev–Trinajstić information content (AvgIpc) is 3.74. The summed E-state index contributed by atoms with van der Waals surface area (Å²) in [6.45, 7) is 9.21. The van der Waals surface area contributed by atoms with Crippen molar-refractivity contribution in [2.24, 2.45) is 5.10 Å². The molecule has 8 aromatic carbocycles. The lowest BCUT2D eigenvalue weighted by Crippen LogP contribution is -2.36. The molecule has 0 fully saturated rings. The predicted molar refractivity (Wildman–Crippen MR) is 244 cm³/mol. The number of nitrogens with zero attached hydrogens (tertiary/aromatic N) is 3. The van der Waals surface area contributed by atoms with Gasteiger partial charge in [-0.1, -0.05) is 172 Å². The van der Waals surface area contributed by atoms with Gasteiger partial charge in [-0.15, -0.1) is 0 Å². The van der Waals surface area contributed by atoms with E-state index in [-0.39, 0.29) is 11.6 Å². The molecular formula is C54H44N4. The van der Waals surface area contributed by atoms with Crippen LogP contribution in [0.5, 0.6) is 0 Å². The van der Waals surface area contributed by atoms with Gasteiger partial charge in [-0.2, -0.15) is 5.10 Å². The normalized spacial score (nSPS) is 13.2. The molecule has 10 rings (SSSR count). The van der Waals surface area contributed by atoms with Crippen LogP contribution in [0.1, 0.15) is 42.3 Å². The first kappa shape index (κ1) is 35.3. The minimum absolute atomic E-state index is 0.0778. The molecule has 1 aliphatic rings. The Bertz CT molecular complexity index is 2940. The Morgan fingerprint density at radius 1 is 0.569 bits per heavy atom. The lowest BCUT2D eigenvalue weighted by molar-refractivity contribution is 0.518. The Balaban J connectivity index is 1.12. The van der Waals surface area contributed by atoms with E-state index < -0.39 is 0 Å². The van der Waals surface area contributed by atoms with Crippen molar-refractivity contribution in [1.29, 1.82) is 0 Å².